The van der Waals surface area contributed by atoms with Gasteiger partial charge in [-0.05, 0) is 57.2 Å². The van der Waals surface area contributed by atoms with E-state index in [1.807, 2.05) is 38.1 Å². The van der Waals surface area contributed by atoms with Crippen molar-refractivity contribution >= 4 is 18.0 Å². The molecule has 1 aromatic rings. The summed E-state index contributed by atoms with van der Waals surface area (Å²) in [6, 6.07) is 6.58. The third kappa shape index (κ3) is 10.2. The Labute approximate surface area is 185 Å². The molecule has 0 saturated carbocycles. The van der Waals surface area contributed by atoms with Crippen LogP contribution in [0.15, 0.2) is 24.3 Å². The number of carbonyl (C=O) groups is 3. The van der Waals surface area contributed by atoms with E-state index in [4.69, 9.17) is 14.2 Å². The van der Waals surface area contributed by atoms with Crippen molar-refractivity contribution in [3.8, 4) is 5.75 Å². The Kier molecular flexibility index (Phi) is 10.3. The summed E-state index contributed by atoms with van der Waals surface area (Å²) in [5.41, 5.74) is 0.246. The molecule has 2 atom stereocenters. The van der Waals surface area contributed by atoms with E-state index in [0.29, 0.717) is 18.6 Å². The van der Waals surface area contributed by atoms with Gasteiger partial charge < -0.3 is 24.8 Å². The Hall–Kier alpha value is -2.77. The zero-order chi connectivity index (χ0) is 23.6. The van der Waals surface area contributed by atoms with Crippen molar-refractivity contribution < 1.29 is 28.6 Å². The molecule has 0 aliphatic carbocycles. The number of carbonyl (C=O) groups excluding carboxylic acids is 3. The second-order valence-corrected chi connectivity index (χ2v) is 8.85. The number of alkyl carbamates (subject to hydrolysis) is 1. The lowest BCUT2D eigenvalue weighted by Crippen LogP contribution is -2.48. The van der Waals surface area contributed by atoms with E-state index in [0.717, 1.165) is 5.56 Å². The summed E-state index contributed by atoms with van der Waals surface area (Å²) in [7, 11) is 2.87. The number of hydrogen-bond acceptors (Lipinski definition) is 6. The topological polar surface area (TPSA) is 103 Å². The first-order valence-electron chi connectivity index (χ1n) is 10.4. The van der Waals surface area contributed by atoms with Crippen molar-refractivity contribution in [2.75, 3.05) is 20.8 Å². The van der Waals surface area contributed by atoms with Crippen molar-refractivity contribution in [2.24, 2.45) is 11.8 Å². The van der Waals surface area contributed by atoms with Gasteiger partial charge in [-0.25, -0.2) is 9.59 Å². The summed E-state index contributed by atoms with van der Waals surface area (Å²) in [6.45, 7) is 9.27. The van der Waals surface area contributed by atoms with Gasteiger partial charge in [0.05, 0.1) is 20.1 Å². The Morgan fingerprint density at radius 1 is 1.03 bits per heavy atom. The summed E-state index contributed by atoms with van der Waals surface area (Å²) in [5, 5.41) is 5.44. The number of rotatable bonds is 10. The van der Waals surface area contributed by atoms with Crippen LogP contribution >= 0.6 is 0 Å². The molecule has 0 fully saturated rings. The highest BCUT2D eigenvalue weighted by molar-refractivity contribution is 5.86. The fourth-order valence-electron chi connectivity index (χ4n) is 2.94. The minimum absolute atomic E-state index is 0.0579. The Morgan fingerprint density at radius 3 is 2.13 bits per heavy atom. The quantitative estimate of drug-likeness (QED) is 0.547. The number of methoxy groups -OCH3 is 2. The van der Waals surface area contributed by atoms with Crippen LogP contribution in [0.5, 0.6) is 5.75 Å². The fourth-order valence-corrected chi connectivity index (χ4v) is 2.94. The first kappa shape index (κ1) is 26.3. The lowest BCUT2D eigenvalue weighted by Gasteiger charge is -2.24. The molecule has 0 saturated heterocycles. The van der Waals surface area contributed by atoms with Crippen LogP contribution in [0, 0.1) is 11.8 Å². The van der Waals surface area contributed by atoms with Crippen LogP contribution < -0.4 is 15.4 Å². The summed E-state index contributed by atoms with van der Waals surface area (Å²) in [6.07, 6.45) is 0.209. The van der Waals surface area contributed by atoms with Crippen molar-refractivity contribution in [2.45, 2.75) is 59.1 Å². The molecule has 2 amide bonds. The van der Waals surface area contributed by atoms with Gasteiger partial charge in [0.1, 0.15) is 17.4 Å². The molecule has 0 aromatic heterocycles. The average molecular weight is 437 g/mol. The smallest absolute Gasteiger partial charge is 0.407 e. The van der Waals surface area contributed by atoms with Gasteiger partial charge in [-0.3, -0.25) is 4.79 Å². The van der Waals surface area contributed by atoms with Gasteiger partial charge in [0.2, 0.25) is 5.91 Å². The highest BCUT2D eigenvalue weighted by Gasteiger charge is 2.28. The monoisotopic (exact) mass is 436 g/mol. The Bertz CT molecular complexity index is 725. The molecule has 1 aromatic carbocycles. The van der Waals surface area contributed by atoms with Gasteiger partial charge in [0, 0.05) is 6.54 Å². The molecule has 0 aliphatic heterocycles. The Balaban J connectivity index is 2.95. The van der Waals surface area contributed by atoms with E-state index < -0.39 is 29.6 Å². The molecule has 8 nitrogen and oxygen atoms in total. The third-order valence-electron chi connectivity index (χ3n) is 4.41. The first-order valence-corrected chi connectivity index (χ1v) is 10.4. The van der Waals surface area contributed by atoms with Gasteiger partial charge >= 0.3 is 12.1 Å². The molecule has 0 aliphatic rings. The normalized spacial score (nSPS) is 13.2. The maximum atomic E-state index is 13.0. The maximum absolute atomic E-state index is 13.0. The van der Waals surface area contributed by atoms with Crippen LogP contribution in [0.3, 0.4) is 0 Å². The summed E-state index contributed by atoms with van der Waals surface area (Å²) < 4.78 is 15.3. The van der Waals surface area contributed by atoms with Crippen molar-refractivity contribution in [3.05, 3.63) is 29.8 Å². The van der Waals surface area contributed by atoms with E-state index in [-0.39, 0.29) is 18.4 Å². The average Bonchev–Trinajstić information content (AvgIpc) is 2.68. The second kappa shape index (κ2) is 12.2. The predicted molar refractivity (Wildman–Crippen MR) is 118 cm³/mol. The summed E-state index contributed by atoms with van der Waals surface area (Å²) >= 11 is 0. The van der Waals surface area contributed by atoms with Gasteiger partial charge in [-0.2, -0.15) is 0 Å². The molecular weight excluding hydrogens is 400 g/mol. The zero-order valence-electron chi connectivity index (χ0n) is 19.6. The highest BCUT2D eigenvalue weighted by atomic mass is 16.6. The number of hydrogen-bond donors (Lipinski definition) is 2. The van der Waals surface area contributed by atoms with Crippen molar-refractivity contribution in [1.82, 2.24) is 10.6 Å². The van der Waals surface area contributed by atoms with E-state index in [1.54, 1.807) is 27.9 Å². The number of amides is 2. The molecule has 0 radical (unpaired) electrons. The molecule has 31 heavy (non-hydrogen) atoms. The molecule has 0 heterocycles. The van der Waals surface area contributed by atoms with Crippen LogP contribution in [0.4, 0.5) is 4.79 Å². The number of ether oxygens (including phenoxy) is 3. The fraction of sp³-hybridized carbons (Fsp3) is 0.609. The van der Waals surface area contributed by atoms with Crippen molar-refractivity contribution in [3.63, 3.8) is 0 Å². The molecule has 174 valence electrons. The minimum atomic E-state index is -0.752. The van der Waals surface area contributed by atoms with Crippen molar-refractivity contribution in [1.29, 1.82) is 0 Å². The minimum Gasteiger partial charge on any atom is -0.497 e. The van der Waals surface area contributed by atoms with E-state index >= 15 is 0 Å². The third-order valence-corrected chi connectivity index (χ3v) is 4.41. The molecular formula is C23H36N2O6. The Morgan fingerprint density at radius 2 is 1.65 bits per heavy atom. The van der Waals surface area contributed by atoms with Gasteiger partial charge in [-0.1, -0.05) is 26.0 Å². The number of nitrogens with one attached hydrogen (secondary N) is 2. The lowest BCUT2D eigenvalue weighted by molar-refractivity contribution is -0.146. The van der Waals surface area contributed by atoms with Crippen LogP contribution in [0.25, 0.3) is 0 Å². The number of esters is 1. The first-order chi connectivity index (χ1) is 14.4. The molecule has 1 rings (SSSR count). The van der Waals surface area contributed by atoms with Crippen LogP contribution in [0.1, 0.15) is 46.6 Å². The SMILES string of the molecule is COC(=O)[C@H](CC(C)C)NC(=O)[C@@H](CNC(=O)OC(C)(C)C)Cc1ccc(OC)cc1. The molecule has 0 unspecified atom stereocenters. The van der Waals surface area contributed by atoms with Crippen LogP contribution in [0.2, 0.25) is 0 Å². The van der Waals surface area contributed by atoms with Gasteiger partial charge in [0.15, 0.2) is 0 Å². The van der Waals surface area contributed by atoms with Gasteiger partial charge in [-0.15, -0.1) is 0 Å². The molecule has 2 N–H and O–H groups in total. The van der Waals surface area contributed by atoms with E-state index in [9.17, 15) is 14.4 Å². The van der Waals surface area contributed by atoms with Crippen LogP contribution in [-0.4, -0.2) is 50.4 Å². The summed E-state index contributed by atoms with van der Waals surface area (Å²) in [5.74, 6) is -0.558. The standard InChI is InChI=1S/C23H36N2O6/c1-15(2)12-19(21(27)30-7)25-20(26)17(14-24-22(28)31-23(3,4)5)13-16-8-10-18(29-6)11-9-16/h8-11,15,17,19H,12-14H2,1-7H3,(H,24,28)(H,25,26)/t17-,19+/m1/s1. The van der Waals surface area contributed by atoms with Crippen LogP contribution in [-0.2, 0) is 25.5 Å². The predicted octanol–water partition coefficient (Wildman–Crippen LogP) is 3.08. The maximum Gasteiger partial charge on any atom is 0.407 e. The molecule has 0 bridgehead atoms. The number of benzene rings is 1. The zero-order valence-corrected chi connectivity index (χ0v) is 19.6. The lowest BCUT2D eigenvalue weighted by atomic mass is 9.96. The van der Waals surface area contributed by atoms with E-state index in [1.165, 1.54) is 7.11 Å². The van der Waals surface area contributed by atoms with E-state index in [2.05, 4.69) is 10.6 Å². The van der Waals surface area contributed by atoms with Gasteiger partial charge in [0.25, 0.3) is 0 Å². The highest BCUT2D eigenvalue weighted by Crippen LogP contribution is 2.16. The molecule has 8 heteroatoms. The summed E-state index contributed by atoms with van der Waals surface area (Å²) in [4.78, 5) is 37.2. The molecule has 0 spiro atoms. The second-order valence-electron chi connectivity index (χ2n) is 8.85. The largest absolute Gasteiger partial charge is 0.497 e.